The third-order valence-electron chi connectivity index (χ3n) is 2.68. The summed E-state index contributed by atoms with van der Waals surface area (Å²) in [7, 11) is 0. The minimum Gasteiger partial charge on any atom is -0.304 e. The fraction of sp³-hybridized carbons (Fsp3) is 0.364. The van der Waals surface area contributed by atoms with Gasteiger partial charge in [-0.1, -0.05) is 23.7 Å². The number of carbonyl (C=O) groups excluding carboxylic acids is 1. The largest absolute Gasteiger partial charge is 0.304 e. The van der Waals surface area contributed by atoms with E-state index < -0.39 is 0 Å². The van der Waals surface area contributed by atoms with E-state index in [4.69, 9.17) is 11.6 Å². The number of nitrogens with one attached hydrogen (secondary N) is 1. The van der Waals surface area contributed by atoms with Crippen molar-refractivity contribution in [1.29, 1.82) is 0 Å². The Morgan fingerprint density at radius 2 is 2.36 bits per heavy atom. The Kier molecular flexibility index (Phi) is 2.57. The first-order chi connectivity index (χ1) is 6.74. The molecule has 0 aromatic heterocycles. The molecular weight excluding hydrogens is 198 g/mol. The molecule has 1 aromatic carbocycles. The molecule has 0 fully saturated rings. The Hall–Kier alpha value is -0.860. The molecular formula is C11H12ClNO. The summed E-state index contributed by atoms with van der Waals surface area (Å²) in [5.41, 5.74) is 3.24. The third-order valence-corrected chi connectivity index (χ3v) is 3.21. The molecule has 1 aliphatic heterocycles. The number of benzene rings is 1. The smallest absolute Gasteiger partial charge is 0.141 e. The Bertz CT molecular complexity index is 376. The molecule has 1 atom stereocenters. The average Bonchev–Trinajstić information content (AvgIpc) is 2.23. The molecule has 1 aliphatic rings. The first-order valence-corrected chi connectivity index (χ1v) is 5.08. The van der Waals surface area contributed by atoms with E-state index in [1.54, 1.807) is 0 Å². The first kappa shape index (κ1) is 9.69. The highest BCUT2D eigenvalue weighted by Gasteiger charge is 2.21. The summed E-state index contributed by atoms with van der Waals surface area (Å²) in [4.78, 5) is 10.8. The summed E-state index contributed by atoms with van der Waals surface area (Å²) in [5.74, 6) is 0. The number of halogens is 1. The standard InChI is InChI=1S/C11H12ClNO/c1-7-2-3-8-9(11(7)12)4-5-13-10(8)6-14/h2-3,6,10,13H,4-5H2,1H3. The Morgan fingerprint density at radius 3 is 3.07 bits per heavy atom. The lowest BCUT2D eigenvalue weighted by atomic mass is 9.93. The van der Waals surface area contributed by atoms with E-state index >= 15 is 0 Å². The van der Waals surface area contributed by atoms with Gasteiger partial charge in [0.25, 0.3) is 0 Å². The van der Waals surface area contributed by atoms with Gasteiger partial charge in [0.2, 0.25) is 0 Å². The summed E-state index contributed by atoms with van der Waals surface area (Å²) >= 11 is 6.19. The predicted octanol–water partition coefficient (Wildman–Crippen LogP) is 2.03. The maximum absolute atomic E-state index is 10.8. The van der Waals surface area contributed by atoms with Gasteiger partial charge in [0.15, 0.2) is 0 Å². The molecule has 1 aromatic rings. The lowest BCUT2D eigenvalue weighted by Crippen LogP contribution is -2.30. The van der Waals surface area contributed by atoms with Crippen molar-refractivity contribution in [3.05, 3.63) is 33.8 Å². The number of aryl methyl sites for hydroxylation is 1. The van der Waals surface area contributed by atoms with Crippen LogP contribution in [0.3, 0.4) is 0 Å². The monoisotopic (exact) mass is 209 g/mol. The molecule has 0 amide bonds. The Morgan fingerprint density at radius 1 is 1.57 bits per heavy atom. The highest BCUT2D eigenvalue weighted by molar-refractivity contribution is 6.32. The van der Waals surface area contributed by atoms with Crippen LogP contribution in [0.5, 0.6) is 0 Å². The minimum atomic E-state index is -0.183. The molecule has 0 spiro atoms. The number of hydrogen-bond donors (Lipinski definition) is 1. The molecule has 0 saturated carbocycles. The van der Waals surface area contributed by atoms with E-state index in [2.05, 4.69) is 5.32 Å². The summed E-state index contributed by atoms with van der Waals surface area (Å²) in [6.45, 7) is 2.81. The van der Waals surface area contributed by atoms with Gasteiger partial charge in [-0.25, -0.2) is 0 Å². The number of rotatable bonds is 1. The lowest BCUT2D eigenvalue weighted by molar-refractivity contribution is -0.109. The molecule has 3 heteroatoms. The van der Waals surface area contributed by atoms with E-state index in [1.807, 2.05) is 19.1 Å². The molecule has 1 N–H and O–H groups in total. The van der Waals surface area contributed by atoms with E-state index in [-0.39, 0.29) is 6.04 Å². The first-order valence-electron chi connectivity index (χ1n) is 4.70. The van der Waals surface area contributed by atoms with Crippen molar-refractivity contribution in [3.63, 3.8) is 0 Å². The van der Waals surface area contributed by atoms with Crippen LogP contribution in [0.15, 0.2) is 12.1 Å². The van der Waals surface area contributed by atoms with E-state index in [9.17, 15) is 4.79 Å². The lowest BCUT2D eigenvalue weighted by Gasteiger charge is -2.24. The third kappa shape index (κ3) is 1.45. The van der Waals surface area contributed by atoms with Crippen LogP contribution in [0.1, 0.15) is 22.7 Å². The van der Waals surface area contributed by atoms with Gasteiger partial charge in [0, 0.05) is 11.6 Å². The normalized spacial score (nSPS) is 20.3. The fourth-order valence-corrected chi connectivity index (χ4v) is 2.15. The van der Waals surface area contributed by atoms with Crippen LogP contribution in [-0.2, 0) is 11.2 Å². The molecule has 0 radical (unpaired) electrons. The van der Waals surface area contributed by atoms with E-state index in [1.165, 1.54) is 0 Å². The second-order valence-electron chi connectivity index (χ2n) is 3.58. The van der Waals surface area contributed by atoms with Gasteiger partial charge in [-0.05, 0) is 30.0 Å². The second kappa shape index (κ2) is 3.71. The SMILES string of the molecule is Cc1ccc2c(c1Cl)CCNC2C=O. The highest BCUT2D eigenvalue weighted by Crippen LogP contribution is 2.30. The van der Waals surface area contributed by atoms with E-state index in [0.29, 0.717) is 0 Å². The molecule has 0 saturated heterocycles. The Balaban J connectivity index is 2.55. The van der Waals surface area contributed by atoms with Gasteiger partial charge in [0.1, 0.15) is 6.29 Å². The van der Waals surface area contributed by atoms with Crippen molar-refractivity contribution >= 4 is 17.9 Å². The molecule has 14 heavy (non-hydrogen) atoms. The number of aldehydes is 1. The maximum atomic E-state index is 10.8. The van der Waals surface area contributed by atoms with Gasteiger partial charge < -0.3 is 10.1 Å². The number of fused-ring (bicyclic) bond motifs is 1. The molecule has 1 heterocycles. The van der Waals surface area contributed by atoms with Crippen LogP contribution in [-0.4, -0.2) is 12.8 Å². The number of carbonyl (C=O) groups is 1. The highest BCUT2D eigenvalue weighted by atomic mass is 35.5. The van der Waals surface area contributed by atoms with Crippen molar-refractivity contribution in [2.24, 2.45) is 0 Å². The maximum Gasteiger partial charge on any atom is 0.141 e. The minimum absolute atomic E-state index is 0.183. The zero-order chi connectivity index (χ0) is 10.1. The van der Waals surface area contributed by atoms with Gasteiger partial charge in [0.05, 0.1) is 6.04 Å². The van der Waals surface area contributed by atoms with Crippen molar-refractivity contribution in [1.82, 2.24) is 5.32 Å². The van der Waals surface area contributed by atoms with Crippen molar-refractivity contribution < 1.29 is 4.79 Å². The molecule has 74 valence electrons. The quantitative estimate of drug-likeness (QED) is 0.718. The van der Waals surface area contributed by atoms with Crippen LogP contribution < -0.4 is 5.32 Å². The van der Waals surface area contributed by atoms with Crippen molar-refractivity contribution in [2.45, 2.75) is 19.4 Å². The van der Waals surface area contributed by atoms with Crippen LogP contribution in [0.25, 0.3) is 0 Å². The number of hydrogen-bond acceptors (Lipinski definition) is 2. The molecule has 0 aliphatic carbocycles. The van der Waals surface area contributed by atoms with Crippen molar-refractivity contribution in [2.75, 3.05) is 6.54 Å². The van der Waals surface area contributed by atoms with Crippen LogP contribution in [0, 0.1) is 6.92 Å². The van der Waals surface area contributed by atoms with Crippen LogP contribution >= 0.6 is 11.6 Å². The topological polar surface area (TPSA) is 29.1 Å². The van der Waals surface area contributed by atoms with Crippen LogP contribution in [0.2, 0.25) is 5.02 Å². The summed E-state index contributed by atoms with van der Waals surface area (Å²) in [5, 5.41) is 3.96. The van der Waals surface area contributed by atoms with Crippen molar-refractivity contribution in [3.8, 4) is 0 Å². The zero-order valence-electron chi connectivity index (χ0n) is 8.01. The van der Waals surface area contributed by atoms with Gasteiger partial charge in [-0.3, -0.25) is 0 Å². The fourth-order valence-electron chi connectivity index (χ4n) is 1.88. The second-order valence-corrected chi connectivity index (χ2v) is 3.96. The summed E-state index contributed by atoms with van der Waals surface area (Å²) in [6.07, 6.45) is 1.84. The predicted molar refractivity (Wildman–Crippen MR) is 56.7 cm³/mol. The van der Waals surface area contributed by atoms with Gasteiger partial charge in [-0.15, -0.1) is 0 Å². The zero-order valence-corrected chi connectivity index (χ0v) is 8.77. The molecule has 0 bridgehead atoms. The Labute approximate surface area is 88.3 Å². The molecule has 2 rings (SSSR count). The van der Waals surface area contributed by atoms with Gasteiger partial charge >= 0.3 is 0 Å². The summed E-state index contributed by atoms with van der Waals surface area (Å²) < 4.78 is 0. The molecule has 1 unspecified atom stereocenters. The average molecular weight is 210 g/mol. The molecule has 2 nitrogen and oxygen atoms in total. The van der Waals surface area contributed by atoms with Gasteiger partial charge in [-0.2, -0.15) is 0 Å². The summed E-state index contributed by atoms with van der Waals surface area (Å²) in [6, 6.07) is 3.77. The van der Waals surface area contributed by atoms with Crippen LogP contribution in [0.4, 0.5) is 0 Å². The van der Waals surface area contributed by atoms with E-state index in [0.717, 1.165) is 41.0 Å².